The minimum absolute atomic E-state index is 0.466. The Morgan fingerprint density at radius 3 is 1.40 bits per heavy atom. The van der Waals surface area contributed by atoms with E-state index in [0.29, 0.717) is 42.2 Å². The van der Waals surface area contributed by atoms with Gasteiger partial charge in [-0.05, 0) is 56.9 Å². The molecule has 9 nitrogen and oxygen atoms in total. The number of fused-ring (bicyclic) bond motifs is 3. The van der Waals surface area contributed by atoms with Gasteiger partial charge >= 0.3 is 11.9 Å². The van der Waals surface area contributed by atoms with Crippen LogP contribution in [0, 0.1) is 0 Å². The lowest BCUT2D eigenvalue weighted by atomic mass is 9.98. The summed E-state index contributed by atoms with van der Waals surface area (Å²) < 4.78 is 2.13. The molecule has 4 N–H and O–H groups in total. The number of oxime groups is 2. The standard InChI is InChI=1S/C34H49N5O4/c1-6-9-11-13-15-17-31(37-42-23(4)40)25-19-27-28-20-26(32(38-43-24(5)41)18-16-14-12-10-7-2)22-30(36)34(28)39(8-3)33(27)29(35)21-25/h19-22H,6-18,35-36H2,1-5H3/b37-31+,38-32+. The van der Waals surface area contributed by atoms with Crippen LogP contribution in [0.1, 0.15) is 123 Å². The van der Waals surface area contributed by atoms with Crippen molar-refractivity contribution in [2.45, 2.75) is 118 Å². The SMILES string of the molecule is CCCCCCC/C(=N\OC(C)=O)c1cc(N)c2c(c1)c1cc(/C(CCCCCCC)=N/OC(C)=O)cc(N)c1n2CC. The molecule has 1 aromatic heterocycles. The summed E-state index contributed by atoms with van der Waals surface area (Å²) in [6.07, 6.45) is 12.4. The summed E-state index contributed by atoms with van der Waals surface area (Å²) in [5.74, 6) is -0.932. The van der Waals surface area contributed by atoms with Crippen LogP contribution in [0.15, 0.2) is 34.6 Å². The number of anilines is 2. The molecule has 0 aliphatic rings. The highest BCUT2D eigenvalue weighted by Crippen LogP contribution is 2.38. The molecule has 0 spiro atoms. The zero-order chi connectivity index (χ0) is 31.4. The van der Waals surface area contributed by atoms with Crippen molar-refractivity contribution in [2.24, 2.45) is 10.3 Å². The van der Waals surface area contributed by atoms with E-state index >= 15 is 0 Å². The van der Waals surface area contributed by atoms with Crippen LogP contribution in [0.3, 0.4) is 0 Å². The molecule has 0 radical (unpaired) electrons. The second-order valence-electron chi connectivity index (χ2n) is 11.2. The zero-order valence-electron chi connectivity index (χ0n) is 26.6. The van der Waals surface area contributed by atoms with Crippen molar-refractivity contribution in [1.82, 2.24) is 4.57 Å². The van der Waals surface area contributed by atoms with Crippen LogP contribution in [0.4, 0.5) is 11.4 Å². The average molecular weight is 592 g/mol. The summed E-state index contributed by atoms with van der Waals surface area (Å²) in [5, 5.41) is 10.3. The lowest BCUT2D eigenvalue weighted by molar-refractivity contribution is -0.141. The fraction of sp³-hybridized carbons (Fsp3) is 0.529. The number of nitrogens with zero attached hydrogens (tertiary/aromatic N) is 3. The minimum atomic E-state index is -0.466. The van der Waals surface area contributed by atoms with Gasteiger partial charge in [-0.1, -0.05) is 75.5 Å². The molecular weight excluding hydrogens is 542 g/mol. The van der Waals surface area contributed by atoms with Gasteiger partial charge in [-0.3, -0.25) is 0 Å². The van der Waals surface area contributed by atoms with Crippen LogP contribution in [-0.4, -0.2) is 27.9 Å². The number of carbonyl (C=O) groups excluding carboxylic acids is 2. The van der Waals surface area contributed by atoms with Gasteiger partial charge in [0.15, 0.2) is 0 Å². The maximum atomic E-state index is 11.6. The predicted molar refractivity (Wildman–Crippen MR) is 177 cm³/mol. The number of aryl methyl sites for hydroxylation is 1. The number of nitrogens with two attached hydrogens (primary N) is 2. The number of hydrogen-bond acceptors (Lipinski definition) is 8. The monoisotopic (exact) mass is 591 g/mol. The quantitative estimate of drug-likeness (QED) is 0.0534. The molecule has 0 bridgehead atoms. The van der Waals surface area contributed by atoms with Crippen molar-refractivity contribution < 1.29 is 19.3 Å². The maximum Gasteiger partial charge on any atom is 0.331 e. The van der Waals surface area contributed by atoms with Gasteiger partial charge in [0.05, 0.1) is 33.8 Å². The third-order valence-electron chi connectivity index (χ3n) is 7.69. The van der Waals surface area contributed by atoms with Crippen LogP contribution in [0.5, 0.6) is 0 Å². The molecule has 0 saturated heterocycles. The zero-order valence-corrected chi connectivity index (χ0v) is 26.6. The number of hydrogen-bond donors (Lipinski definition) is 2. The van der Waals surface area contributed by atoms with E-state index in [1.807, 2.05) is 12.1 Å². The number of unbranched alkanes of at least 4 members (excludes halogenated alkanes) is 8. The van der Waals surface area contributed by atoms with Gasteiger partial charge in [-0.2, -0.15) is 0 Å². The van der Waals surface area contributed by atoms with Crippen LogP contribution in [0.25, 0.3) is 21.8 Å². The van der Waals surface area contributed by atoms with Gasteiger partial charge in [0.25, 0.3) is 0 Å². The molecule has 43 heavy (non-hydrogen) atoms. The first-order chi connectivity index (χ1) is 20.7. The molecule has 0 aliphatic carbocycles. The number of rotatable bonds is 17. The summed E-state index contributed by atoms with van der Waals surface area (Å²) in [5.41, 5.74) is 19.4. The van der Waals surface area contributed by atoms with Crippen LogP contribution < -0.4 is 11.5 Å². The van der Waals surface area contributed by atoms with Crippen molar-refractivity contribution in [1.29, 1.82) is 0 Å². The molecule has 9 heteroatoms. The molecule has 0 fully saturated rings. The van der Waals surface area contributed by atoms with Gasteiger partial charge in [-0.15, -0.1) is 0 Å². The van der Waals surface area contributed by atoms with E-state index < -0.39 is 11.9 Å². The lowest BCUT2D eigenvalue weighted by Crippen LogP contribution is -2.06. The molecule has 1 heterocycles. The summed E-state index contributed by atoms with van der Waals surface area (Å²) in [4.78, 5) is 33.5. The number of benzene rings is 2. The van der Waals surface area contributed by atoms with Gasteiger partial charge in [-0.25, -0.2) is 9.59 Å². The van der Waals surface area contributed by atoms with Gasteiger partial charge in [0.2, 0.25) is 0 Å². The van der Waals surface area contributed by atoms with Gasteiger partial charge in [0.1, 0.15) is 0 Å². The molecule has 2 aromatic carbocycles. The third kappa shape index (κ3) is 9.05. The Balaban J connectivity index is 2.14. The highest BCUT2D eigenvalue weighted by Gasteiger charge is 2.20. The van der Waals surface area contributed by atoms with E-state index in [4.69, 9.17) is 21.1 Å². The lowest BCUT2D eigenvalue weighted by Gasteiger charge is -2.11. The predicted octanol–water partition coefficient (Wildman–Crippen LogP) is 8.23. The molecule has 0 aliphatic heterocycles. The first kappa shape index (κ1) is 33.6. The molecule has 0 saturated carbocycles. The second kappa shape index (κ2) is 16.7. The molecule has 0 amide bonds. The molecule has 3 rings (SSSR count). The first-order valence-corrected chi connectivity index (χ1v) is 15.9. The van der Waals surface area contributed by atoms with Crippen molar-refractivity contribution in [3.05, 3.63) is 35.4 Å². The molecule has 0 unspecified atom stereocenters. The fourth-order valence-electron chi connectivity index (χ4n) is 5.60. The average Bonchev–Trinajstić information content (AvgIpc) is 3.30. The second-order valence-corrected chi connectivity index (χ2v) is 11.2. The molecule has 0 atom stereocenters. The molecular formula is C34H49N5O4. The highest BCUT2D eigenvalue weighted by molar-refractivity contribution is 6.19. The third-order valence-corrected chi connectivity index (χ3v) is 7.69. The van der Waals surface area contributed by atoms with Crippen molar-refractivity contribution in [3.8, 4) is 0 Å². The Morgan fingerprint density at radius 1 is 0.651 bits per heavy atom. The van der Waals surface area contributed by atoms with Crippen LogP contribution in [0.2, 0.25) is 0 Å². The van der Waals surface area contributed by atoms with E-state index in [-0.39, 0.29) is 0 Å². The minimum Gasteiger partial charge on any atom is -0.397 e. The van der Waals surface area contributed by atoms with E-state index in [1.165, 1.54) is 39.5 Å². The van der Waals surface area contributed by atoms with Crippen molar-refractivity contribution >= 4 is 56.5 Å². The summed E-state index contributed by atoms with van der Waals surface area (Å²) in [7, 11) is 0. The topological polar surface area (TPSA) is 134 Å². The van der Waals surface area contributed by atoms with Crippen molar-refractivity contribution in [3.63, 3.8) is 0 Å². The van der Waals surface area contributed by atoms with E-state index in [0.717, 1.165) is 71.5 Å². The highest BCUT2D eigenvalue weighted by atomic mass is 16.7. The largest absolute Gasteiger partial charge is 0.397 e. The summed E-state index contributed by atoms with van der Waals surface area (Å²) in [6, 6.07) is 7.93. The number of nitrogen functional groups attached to an aromatic ring is 2. The van der Waals surface area contributed by atoms with E-state index in [1.54, 1.807) is 0 Å². The smallest absolute Gasteiger partial charge is 0.331 e. The van der Waals surface area contributed by atoms with Crippen LogP contribution in [-0.2, 0) is 25.8 Å². The summed E-state index contributed by atoms with van der Waals surface area (Å²) >= 11 is 0. The van der Waals surface area contributed by atoms with Gasteiger partial charge in [0, 0.05) is 42.3 Å². The number of aromatic nitrogens is 1. The van der Waals surface area contributed by atoms with Crippen LogP contribution >= 0.6 is 0 Å². The maximum absolute atomic E-state index is 11.6. The molecule has 3 aromatic rings. The number of carbonyl (C=O) groups is 2. The van der Waals surface area contributed by atoms with E-state index in [2.05, 4.69) is 47.8 Å². The van der Waals surface area contributed by atoms with E-state index in [9.17, 15) is 9.59 Å². The fourth-order valence-corrected chi connectivity index (χ4v) is 5.60. The molecule has 234 valence electrons. The van der Waals surface area contributed by atoms with Gasteiger partial charge < -0.3 is 25.7 Å². The van der Waals surface area contributed by atoms with Crippen molar-refractivity contribution in [2.75, 3.05) is 11.5 Å². The Bertz CT molecular complexity index is 1360. The Kier molecular flexibility index (Phi) is 13.0. The summed E-state index contributed by atoms with van der Waals surface area (Å²) in [6.45, 7) is 9.80. The first-order valence-electron chi connectivity index (χ1n) is 15.9. The normalized spacial score (nSPS) is 12.3. The Hall–Kier alpha value is -3.88. The Labute approximate surface area is 255 Å². The Morgan fingerprint density at radius 2 is 1.05 bits per heavy atom.